The van der Waals surface area contributed by atoms with Gasteiger partial charge in [-0.1, -0.05) is 11.8 Å². The number of sulfone groups is 1. The number of carboxylic acid groups (broad SMARTS) is 1. The van der Waals surface area contributed by atoms with Crippen LogP contribution in [0.3, 0.4) is 0 Å². The first kappa shape index (κ1) is 14.5. The van der Waals surface area contributed by atoms with Crippen LogP contribution >= 0.6 is 11.8 Å². The highest BCUT2D eigenvalue weighted by Gasteiger charge is 2.08. The Hall–Kier alpha value is -1.86. The van der Waals surface area contributed by atoms with E-state index >= 15 is 0 Å². The summed E-state index contributed by atoms with van der Waals surface area (Å²) in [6.07, 6.45) is 2.58. The van der Waals surface area contributed by atoms with Crippen molar-refractivity contribution in [2.45, 2.75) is 14.7 Å². The molecule has 1 aromatic carbocycles. The van der Waals surface area contributed by atoms with E-state index in [1.807, 2.05) is 0 Å². The van der Waals surface area contributed by atoms with Gasteiger partial charge in [-0.3, -0.25) is 0 Å². The Kier molecular flexibility index (Phi) is 4.10. The van der Waals surface area contributed by atoms with Crippen molar-refractivity contribution in [2.24, 2.45) is 0 Å². The minimum absolute atomic E-state index is 0.0252. The average molecular weight is 309 g/mol. The van der Waals surface area contributed by atoms with Crippen LogP contribution in [0, 0.1) is 0 Å². The Morgan fingerprint density at radius 3 is 2.35 bits per heavy atom. The normalized spacial score (nSPS) is 11.2. The summed E-state index contributed by atoms with van der Waals surface area (Å²) < 4.78 is 22.7. The van der Waals surface area contributed by atoms with Crippen molar-refractivity contribution in [1.29, 1.82) is 0 Å². The smallest absolute Gasteiger partial charge is 0.354 e. The Balaban J connectivity index is 2.22. The van der Waals surface area contributed by atoms with Crippen LogP contribution in [0.2, 0.25) is 0 Å². The quantitative estimate of drug-likeness (QED) is 0.933. The fourth-order valence-corrected chi connectivity index (χ4v) is 2.96. The monoisotopic (exact) mass is 309 g/mol. The molecule has 1 heterocycles. The summed E-state index contributed by atoms with van der Waals surface area (Å²) in [6.45, 7) is 0. The van der Waals surface area contributed by atoms with Gasteiger partial charge in [0.05, 0.1) is 4.90 Å². The number of pyridine rings is 1. The molecule has 7 heteroatoms. The van der Waals surface area contributed by atoms with Crippen LogP contribution in [0.5, 0.6) is 0 Å². The van der Waals surface area contributed by atoms with Gasteiger partial charge in [0.25, 0.3) is 0 Å². The van der Waals surface area contributed by atoms with Crippen LogP contribution in [-0.2, 0) is 9.84 Å². The minimum Gasteiger partial charge on any atom is -0.477 e. The lowest BCUT2D eigenvalue weighted by atomic mass is 10.3. The highest BCUT2D eigenvalue weighted by atomic mass is 32.2. The Morgan fingerprint density at radius 2 is 1.80 bits per heavy atom. The molecule has 0 aliphatic rings. The molecule has 0 saturated heterocycles. The topological polar surface area (TPSA) is 84.3 Å². The van der Waals surface area contributed by atoms with E-state index < -0.39 is 15.8 Å². The van der Waals surface area contributed by atoms with E-state index in [1.54, 1.807) is 18.2 Å². The predicted molar refractivity (Wildman–Crippen MR) is 74.9 cm³/mol. The molecule has 104 valence electrons. The lowest BCUT2D eigenvalue weighted by Gasteiger charge is -2.03. The van der Waals surface area contributed by atoms with Crippen molar-refractivity contribution in [3.8, 4) is 0 Å². The molecule has 0 bridgehead atoms. The number of carboxylic acids is 1. The molecule has 2 rings (SSSR count). The van der Waals surface area contributed by atoms with E-state index in [-0.39, 0.29) is 10.6 Å². The van der Waals surface area contributed by atoms with Gasteiger partial charge < -0.3 is 5.11 Å². The van der Waals surface area contributed by atoms with Crippen LogP contribution < -0.4 is 0 Å². The van der Waals surface area contributed by atoms with Crippen molar-refractivity contribution < 1.29 is 18.3 Å². The molecule has 2 aromatic rings. The molecule has 0 saturated carbocycles. The second-order valence-corrected chi connectivity index (χ2v) is 7.19. The number of aromatic nitrogens is 1. The average Bonchev–Trinajstić information content (AvgIpc) is 2.38. The van der Waals surface area contributed by atoms with Crippen LogP contribution in [0.25, 0.3) is 0 Å². The largest absolute Gasteiger partial charge is 0.477 e. The second kappa shape index (κ2) is 5.64. The maximum atomic E-state index is 11.3. The first-order valence-electron chi connectivity index (χ1n) is 5.53. The highest BCUT2D eigenvalue weighted by molar-refractivity contribution is 7.99. The van der Waals surface area contributed by atoms with Crippen molar-refractivity contribution in [2.75, 3.05) is 6.26 Å². The molecule has 0 radical (unpaired) electrons. The van der Waals surface area contributed by atoms with E-state index in [4.69, 9.17) is 5.11 Å². The number of aromatic carboxylic acids is 1. The number of rotatable bonds is 4. The van der Waals surface area contributed by atoms with Crippen molar-refractivity contribution in [1.82, 2.24) is 4.98 Å². The van der Waals surface area contributed by atoms with E-state index in [9.17, 15) is 13.2 Å². The molecule has 0 fully saturated rings. The van der Waals surface area contributed by atoms with Crippen LogP contribution in [0.1, 0.15) is 10.5 Å². The molecule has 0 aliphatic heterocycles. The number of benzene rings is 1. The van der Waals surface area contributed by atoms with Gasteiger partial charge in [-0.15, -0.1) is 0 Å². The van der Waals surface area contributed by atoms with Crippen molar-refractivity contribution in [3.63, 3.8) is 0 Å². The molecular weight excluding hydrogens is 298 g/mol. The molecule has 1 aromatic heterocycles. The van der Waals surface area contributed by atoms with Gasteiger partial charge in [-0.25, -0.2) is 18.2 Å². The van der Waals surface area contributed by atoms with Gasteiger partial charge in [0.1, 0.15) is 5.69 Å². The molecular formula is C13H11NO4S2. The summed E-state index contributed by atoms with van der Waals surface area (Å²) >= 11 is 1.34. The Morgan fingerprint density at radius 1 is 1.15 bits per heavy atom. The van der Waals surface area contributed by atoms with Crippen LogP contribution in [0.15, 0.2) is 57.3 Å². The van der Waals surface area contributed by atoms with Gasteiger partial charge in [0.15, 0.2) is 9.84 Å². The van der Waals surface area contributed by atoms with Gasteiger partial charge in [-0.2, -0.15) is 0 Å². The Bertz CT molecular complexity index is 739. The SMILES string of the molecule is CS(=O)(=O)c1ccc(Sc2ccnc(C(=O)O)c2)cc1. The predicted octanol–water partition coefficient (Wildman–Crippen LogP) is 2.33. The number of hydrogen-bond donors (Lipinski definition) is 1. The summed E-state index contributed by atoms with van der Waals surface area (Å²) in [7, 11) is -3.21. The van der Waals surface area contributed by atoms with Crippen LogP contribution in [0.4, 0.5) is 0 Å². The number of hydrogen-bond acceptors (Lipinski definition) is 5. The third-order valence-corrected chi connectivity index (χ3v) is 4.56. The summed E-state index contributed by atoms with van der Waals surface area (Å²) in [5.74, 6) is -1.08. The summed E-state index contributed by atoms with van der Waals surface area (Å²) in [4.78, 5) is 16.4. The van der Waals surface area contributed by atoms with E-state index in [2.05, 4.69) is 4.98 Å². The molecule has 0 aliphatic carbocycles. The zero-order valence-corrected chi connectivity index (χ0v) is 12.1. The van der Waals surface area contributed by atoms with E-state index in [1.165, 1.54) is 36.2 Å². The molecule has 0 atom stereocenters. The maximum Gasteiger partial charge on any atom is 0.354 e. The molecule has 1 N–H and O–H groups in total. The lowest BCUT2D eigenvalue weighted by molar-refractivity contribution is 0.0690. The summed E-state index contributed by atoms with van der Waals surface area (Å²) in [6, 6.07) is 9.58. The second-order valence-electron chi connectivity index (χ2n) is 4.03. The van der Waals surface area contributed by atoms with Gasteiger partial charge >= 0.3 is 5.97 Å². The third kappa shape index (κ3) is 3.58. The lowest BCUT2D eigenvalue weighted by Crippen LogP contribution is -1.99. The zero-order valence-electron chi connectivity index (χ0n) is 10.5. The number of nitrogens with zero attached hydrogens (tertiary/aromatic N) is 1. The molecule has 0 unspecified atom stereocenters. The van der Waals surface area contributed by atoms with Gasteiger partial charge in [0, 0.05) is 22.2 Å². The van der Waals surface area contributed by atoms with E-state index in [0.29, 0.717) is 0 Å². The number of carbonyl (C=O) groups is 1. The molecule has 20 heavy (non-hydrogen) atoms. The van der Waals surface area contributed by atoms with Gasteiger partial charge in [-0.05, 0) is 36.4 Å². The molecule has 5 nitrogen and oxygen atoms in total. The minimum atomic E-state index is -3.21. The third-order valence-electron chi connectivity index (χ3n) is 2.44. The van der Waals surface area contributed by atoms with Crippen molar-refractivity contribution in [3.05, 3.63) is 48.3 Å². The molecule has 0 amide bonds. The first-order chi connectivity index (χ1) is 9.36. The van der Waals surface area contributed by atoms with Gasteiger partial charge in [0.2, 0.25) is 0 Å². The van der Waals surface area contributed by atoms with Crippen molar-refractivity contribution >= 4 is 27.6 Å². The summed E-state index contributed by atoms with van der Waals surface area (Å²) in [5, 5.41) is 8.86. The molecule has 0 spiro atoms. The zero-order chi connectivity index (χ0) is 14.8. The van der Waals surface area contributed by atoms with E-state index in [0.717, 1.165) is 16.0 Å². The maximum absolute atomic E-state index is 11.3. The summed E-state index contributed by atoms with van der Waals surface area (Å²) in [5.41, 5.74) is -0.0252. The fourth-order valence-electron chi connectivity index (χ4n) is 1.48. The Labute approximate surface area is 120 Å². The highest BCUT2D eigenvalue weighted by Crippen LogP contribution is 2.28. The fraction of sp³-hybridized carbons (Fsp3) is 0.0769. The van der Waals surface area contributed by atoms with Crippen LogP contribution in [-0.4, -0.2) is 30.7 Å². The first-order valence-corrected chi connectivity index (χ1v) is 8.24. The standard InChI is InChI=1S/C13H11NO4S2/c1-20(17,18)11-4-2-9(3-5-11)19-10-6-7-14-12(8-10)13(15)16/h2-8H,1H3,(H,15,16).